The van der Waals surface area contributed by atoms with Crippen molar-refractivity contribution in [1.29, 1.82) is 0 Å². The van der Waals surface area contributed by atoms with Gasteiger partial charge in [-0.15, -0.1) is 0 Å². The highest BCUT2D eigenvalue weighted by molar-refractivity contribution is 6.06. The summed E-state index contributed by atoms with van der Waals surface area (Å²) in [6, 6.07) is 15.9. The van der Waals surface area contributed by atoms with Crippen LogP contribution in [0.25, 0.3) is 11.5 Å². The van der Waals surface area contributed by atoms with Crippen molar-refractivity contribution < 1.29 is 9.18 Å². The number of likely N-dealkylation sites (N-methyl/N-ethyl adjacent to an activating group) is 1. The summed E-state index contributed by atoms with van der Waals surface area (Å²) < 4.78 is 16.9. The molecule has 1 aliphatic rings. The minimum Gasteiger partial charge on any atom is -0.369 e. The molecular weight excluding hydrogens is 431 g/mol. The molecule has 4 aromatic rings. The van der Waals surface area contributed by atoms with Crippen molar-refractivity contribution >= 4 is 17.3 Å². The van der Waals surface area contributed by atoms with Crippen molar-refractivity contribution in [2.75, 3.05) is 43.4 Å². The maximum absolute atomic E-state index is 13.5. The first-order valence-corrected chi connectivity index (χ1v) is 11.3. The van der Waals surface area contributed by atoms with Crippen LogP contribution in [0.5, 0.6) is 0 Å². The first-order valence-electron chi connectivity index (χ1n) is 11.3. The molecule has 3 heterocycles. The van der Waals surface area contributed by atoms with Gasteiger partial charge >= 0.3 is 0 Å². The van der Waals surface area contributed by atoms with E-state index >= 15 is 0 Å². The number of nitrogens with one attached hydrogen (secondary N) is 1. The molecule has 0 unspecified atom stereocenters. The predicted octanol–water partition coefficient (Wildman–Crippen LogP) is 4.11. The third kappa shape index (κ3) is 4.32. The Labute approximate surface area is 198 Å². The normalized spacial score (nSPS) is 14.4. The van der Waals surface area contributed by atoms with E-state index in [2.05, 4.69) is 39.4 Å². The largest absolute Gasteiger partial charge is 0.369 e. The topological polar surface area (TPSA) is 58.3 Å². The summed E-state index contributed by atoms with van der Waals surface area (Å²) in [6.45, 7) is 6.06. The van der Waals surface area contributed by atoms with Gasteiger partial charge in [0.25, 0.3) is 5.91 Å². The first-order chi connectivity index (χ1) is 16.5. The molecule has 2 aromatic heterocycles. The number of piperazine rings is 1. The van der Waals surface area contributed by atoms with Gasteiger partial charge in [-0.25, -0.2) is 9.07 Å². The van der Waals surface area contributed by atoms with Gasteiger partial charge in [-0.05, 0) is 74.1 Å². The number of nitrogens with zero attached hydrogens (tertiary/aromatic N) is 5. The highest BCUT2D eigenvalue weighted by Crippen LogP contribution is 2.26. The molecule has 1 N–H and O–H groups in total. The summed E-state index contributed by atoms with van der Waals surface area (Å²) in [4.78, 5) is 18.0. The number of aromatic nitrogens is 3. The molecule has 2 aromatic carbocycles. The Morgan fingerprint density at radius 3 is 2.32 bits per heavy atom. The highest BCUT2D eigenvalue weighted by Gasteiger charge is 2.21. The van der Waals surface area contributed by atoms with E-state index in [9.17, 15) is 9.18 Å². The molecule has 1 amide bonds. The molecule has 174 valence electrons. The van der Waals surface area contributed by atoms with E-state index in [1.807, 2.05) is 42.1 Å². The predicted molar refractivity (Wildman–Crippen MR) is 132 cm³/mol. The lowest BCUT2D eigenvalue weighted by molar-refractivity contribution is 0.102. The van der Waals surface area contributed by atoms with Crippen LogP contribution in [0.3, 0.4) is 0 Å². The highest BCUT2D eigenvalue weighted by atomic mass is 19.1. The number of halogens is 1. The van der Waals surface area contributed by atoms with Crippen molar-refractivity contribution in [2.45, 2.75) is 6.92 Å². The van der Waals surface area contributed by atoms with E-state index in [4.69, 9.17) is 0 Å². The van der Waals surface area contributed by atoms with Crippen molar-refractivity contribution in [2.24, 2.45) is 0 Å². The summed E-state index contributed by atoms with van der Waals surface area (Å²) >= 11 is 0. The molecule has 1 fully saturated rings. The van der Waals surface area contributed by atoms with Gasteiger partial charge in [0.2, 0.25) is 0 Å². The van der Waals surface area contributed by atoms with Crippen LogP contribution in [-0.4, -0.2) is 58.4 Å². The van der Waals surface area contributed by atoms with Crippen molar-refractivity contribution in [3.63, 3.8) is 0 Å². The van der Waals surface area contributed by atoms with Gasteiger partial charge in [0.1, 0.15) is 11.4 Å². The maximum Gasteiger partial charge on any atom is 0.261 e. The number of hydrogen-bond acceptors (Lipinski definition) is 4. The Hall–Kier alpha value is -3.91. The lowest BCUT2D eigenvalue weighted by Gasteiger charge is -2.34. The zero-order valence-electron chi connectivity index (χ0n) is 19.3. The van der Waals surface area contributed by atoms with Gasteiger partial charge < -0.3 is 19.7 Å². The van der Waals surface area contributed by atoms with Crippen LogP contribution in [0, 0.1) is 12.7 Å². The van der Waals surface area contributed by atoms with Crippen LogP contribution in [0.1, 0.15) is 15.9 Å². The van der Waals surface area contributed by atoms with E-state index in [1.54, 1.807) is 23.0 Å². The fourth-order valence-corrected chi connectivity index (χ4v) is 4.24. The van der Waals surface area contributed by atoms with Crippen LogP contribution >= 0.6 is 0 Å². The number of aryl methyl sites for hydroxylation is 1. The van der Waals surface area contributed by atoms with Gasteiger partial charge in [-0.3, -0.25) is 4.79 Å². The molecule has 0 saturated carbocycles. The zero-order valence-corrected chi connectivity index (χ0v) is 19.3. The van der Waals surface area contributed by atoms with E-state index in [1.165, 1.54) is 17.8 Å². The fourth-order valence-electron chi connectivity index (χ4n) is 4.24. The zero-order chi connectivity index (χ0) is 23.7. The second-order valence-electron chi connectivity index (χ2n) is 8.60. The molecule has 1 saturated heterocycles. The number of carbonyl (C=O) groups is 1. The van der Waals surface area contributed by atoms with Gasteiger partial charge in [0.15, 0.2) is 5.82 Å². The average molecular weight is 459 g/mol. The maximum atomic E-state index is 13.5. The number of rotatable bonds is 5. The number of anilines is 2. The summed E-state index contributed by atoms with van der Waals surface area (Å²) in [5, 5.41) is 7.49. The van der Waals surface area contributed by atoms with Crippen LogP contribution in [0.15, 0.2) is 73.2 Å². The van der Waals surface area contributed by atoms with E-state index in [-0.39, 0.29) is 11.7 Å². The Morgan fingerprint density at radius 1 is 0.971 bits per heavy atom. The molecule has 0 spiro atoms. The van der Waals surface area contributed by atoms with Crippen LogP contribution in [0.4, 0.5) is 15.8 Å². The molecule has 8 heteroatoms. The summed E-state index contributed by atoms with van der Waals surface area (Å²) in [6.07, 6.45) is 5.25. The van der Waals surface area contributed by atoms with Crippen LogP contribution < -0.4 is 10.2 Å². The van der Waals surface area contributed by atoms with Gasteiger partial charge in [-0.1, -0.05) is 0 Å². The van der Waals surface area contributed by atoms with Crippen LogP contribution in [0.2, 0.25) is 0 Å². The second kappa shape index (κ2) is 9.15. The standard InChI is InChI=1S/C26H27FN6O/c1-19-17-22(31-15-13-30(2)14-16-31)9-10-24(19)29-25(34)23-18-28-33(21-7-5-20(27)6-8-21)26(23)32-11-3-4-12-32/h3-12,17-18H,13-16H2,1-2H3,(H,29,34). The summed E-state index contributed by atoms with van der Waals surface area (Å²) in [7, 11) is 2.14. The minimum atomic E-state index is -0.327. The van der Waals surface area contributed by atoms with Gasteiger partial charge in [0, 0.05) is 49.9 Å². The number of carbonyl (C=O) groups excluding carboxylic acids is 1. The summed E-state index contributed by atoms with van der Waals surface area (Å²) in [5.74, 6) is 0.000194. The Morgan fingerprint density at radius 2 is 1.65 bits per heavy atom. The smallest absolute Gasteiger partial charge is 0.261 e. The SMILES string of the molecule is Cc1cc(N2CCN(C)CC2)ccc1NC(=O)c1cnn(-c2ccc(F)cc2)c1-n1cccc1. The molecule has 0 bridgehead atoms. The fraction of sp³-hybridized carbons (Fsp3) is 0.231. The Kier molecular flexibility index (Phi) is 5.90. The Bertz CT molecular complexity index is 1290. The third-order valence-electron chi connectivity index (χ3n) is 6.24. The Balaban J connectivity index is 1.42. The molecule has 5 rings (SSSR count). The first kappa shape index (κ1) is 21.9. The number of benzene rings is 2. The van der Waals surface area contributed by atoms with E-state index in [0.29, 0.717) is 17.1 Å². The summed E-state index contributed by atoms with van der Waals surface area (Å²) in [5.41, 5.74) is 4.01. The molecular formula is C26H27FN6O. The molecule has 0 aliphatic carbocycles. The number of hydrogen-bond donors (Lipinski definition) is 1. The van der Waals surface area contributed by atoms with Crippen LogP contribution in [-0.2, 0) is 0 Å². The van der Waals surface area contributed by atoms with E-state index < -0.39 is 0 Å². The van der Waals surface area contributed by atoms with Gasteiger partial charge in [-0.2, -0.15) is 5.10 Å². The second-order valence-corrected chi connectivity index (χ2v) is 8.60. The molecule has 0 atom stereocenters. The van der Waals surface area contributed by atoms with E-state index in [0.717, 1.165) is 37.4 Å². The average Bonchev–Trinajstić information content (AvgIpc) is 3.51. The monoisotopic (exact) mass is 458 g/mol. The minimum absolute atomic E-state index is 0.257. The quantitative estimate of drug-likeness (QED) is 0.489. The molecule has 0 radical (unpaired) electrons. The lowest BCUT2D eigenvalue weighted by atomic mass is 10.1. The molecule has 7 nitrogen and oxygen atoms in total. The third-order valence-corrected chi connectivity index (χ3v) is 6.24. The number of amides is 1. The lowest BCUT2D eigenvalue weighted by Crippen LogP contribution is -2.44. The van der Waals surface area contributed by atoms with Crippen molar-refractivity contribution in [1.82, 2.24) is 19.2 Å². The van der Waals surface area contributed by atoms with Gasteiger partial charge in [0.05, 0.1) is 11.9 Å². The van der Waals surface area contributed by atoms with Crippen molar-refractivity contribution in [3.05, 3.63) is 90.1 Å². The molecule has 34 heavy (non-hydrogen) atoms. The molecule has 1 aliphatic heterocycles. The van der Waals surface area contributed by atoms with Crippen molar-refractivity contribution in [3.8, 4) is 11.5 Å².